The van der Waals surface area contributed by atoms with Crippen molar-refractivity contribution in [1.82, 2.24) is 25.2 Å². The Morgan fingerprint density at radius 3 is 2.27 bits per heavy atom. The van der Waals surface area contributed by atoms with Crippen LogP contribution >= 0.6 is 0 Å². The van der Waals surface area contributed by atoms with Crippen LogP contribution in [-0.4, -0.2) is 70.5 Å². The van der Waals surface area contributed by atoms with Gasteiger partial charge in [0.1, 0.15) is 17.6 Å². The first-order valence-corrected chi connectivity index (χ1v) is 12.5. The van der Waals surface area contributed by atoms with Gasteiger partial charge < -0.3 is 19.5 Å². The molecule has 224 valence electrons. The second-order valence-corrected chi connectivity index (χ2v) is 9.83. The molecule has 0 radical (unpaired) electrons. The number of rotatable bonds is 9. The molecule has 1 fully saturated rings. The molecule has 0 aliphatic carbocycles. The molecule has 1 aromatic heterocycles. The molecular weight excluding hydrogens is 563 g/mol. The van der Waals surface area contributed by atoms with E-state index in [9.17, 15) is 35.8 Å². The molecule has 1 aliphatic rings. The highest BCUT2D eigenvalue weighted by Gasteiger charge is 2.40. The van der Waals surface area contributed by atoms with Gasteiger partial charge in [0, 0.05) is 19.6 Å². The van der Waals surface area contributed by atoms with Gasteiger partial charge >= 0.3 is 12.4 Å². The van der Waals surface area contributed by atoms with E-state index in [1.165, 1.54) is 24.3 Å². The Morgan fingerprint density at radius 1 is 1.07 bits per heavy atom. The number of aliphatic hydroxyl groups excluding tert-OH is 1. The van der Waals surface area contributed by atoms with Gasteiger partial charge in [0.05, 0.1) is 36.1 Å². The van der Waals surface area contributed by atoms with Crippen molar-refractivity contribution in [1.29, 1.82) is 0 Å². The number of hydrogen-bond donors (Lipinski definition) is 2. The monoisotopic (exact) mass is 591 g/mol. The number of nitrogens with one attached hydrogen (secondary N) is 1. The molecule has 2 N–H and O–H groups in total. The van der Waals surface area contributed by atoms with Crippen LogP contribution in [0.4, 0.5) is 30.7 Å². The predicted octanol–water partition coefficient (Wildman–Crippen LogP) is 4.69. The zero-order valence-electron chi connectivity index (χ0n) is 22.0. The topological polar surface area (TPSA) is 86.7 Å². The molecule has 0 saturated carbocycles. The summed E-state index contributed by atoms with van der Waals surface area (Å²) < 4.78 is 106. The van der Waals surface area contributed by atoms with Crippen molar-refractivity contribution >= 4 is 0 Å². The minimum Gasteiger partial charge on any atom is -0.393 e. The third kappa shape index (κ3) is 7.60. The van der Waals surface area contributed by atoms with Crippen LogP contribution < -0.4 is 0 Å². The van der Waals surface area contributed by atoms with Crippen molar-refractivity contribution < 1.29 is 45.3 Å². The zero-order valence-corrected chi connectivity index (χ0v) is 22.0. The van der Waals surface area contributed by atoms with E-state index in [-0.39, 0.29) is 19.2 Å². The van der Waals surface area contributed by atoms with E-state index in [4.69, 9.17) is 9.47 Å². The Morgan fingerprint density at radius 2 is 1.71 bits per heavy atom. The summed E-state index contributed by atoms with van der Waals surface area (Å²) in [4.78, 5) is 3.78. The summed E-state index contributed by atoms with van der Waals surface area (Å²) >= 11 is 0. The van der Waals surface area contributed by atoms with Crippen LogP contribution in [0.2, 0.25) is 0 Å². The van der Waals surface area contributed by atoms with Crippen molar-refractivity contribution in [2.24, 2.45) is 0 Å². The van der Waals surface area contributed by atoms with Crippen LogP contribution in [0.1, 0.15) is 45.8 Å². The summed E-state index contributed by atoms with van der Waals surface area (Å²) in [7, 11) is 3.72. The predicted molar refractivity (Wildman–Crippen MR) is 130 cm³/mol. The van der Waals surface area contributed by atoms with Gasteiger partial charge in [-0.3, -0.25) is 10.00 Å². The molecular formula is C26H28F7N5O3. The van der Waals surface area contributed by atoms with Gasteiger partial charge in [-0.2, -0.15) is 26.3 Å². The van der Waals surface area contributed by atoms with E-state index in [1.807, 2.05) is 23.9 Å². The highest BCUT2D eigenvalue weighted by Crippen LogP contribution is 2.40. The average Bonchev–Trinajstić information content (AvgIpc) is 3.32. The van der Waals surface area contributed by atoms with Crippen molar-refractivity contribution in [3.8, 4) is 0 Å². The van der Waals surface area contributed by atoms with Crippen LogP contribution in [0.3, 0.4) is 0 Å². The summed E-state index contributed by atoms with van der Waals surface area (Å²) in [5.74, 6) is -0.517. The molecule has 1 aliphatic heterocycles. The molecule has 2 unspecified atom stereocenters. The fourth-order valence-corrected chi connectivity index (χ4v) is 4.59. The van der Waals surface area contributed by atoms with Gasteiger partial charge in [0.2, 0.25) is 0 Å². The maximum Gasteiger partial charge on any atom is 0.416 e. The molecule has 3 aromatic rings. The summed E-state index contributed by atoms with van der Waals surface area (Å²) in [6.45, 7) is 0.193. The maximum absolute atomic E-state index is 13.8. The van der Waals surface area contributed by atoms with Crippen LogP contribution in [0.25, 0.3) is 0 Å². The molecule has 2 aromatic carbocycles. The third-order valence-corrected chi connectivity index (χ3v) is 6.50. The first-order chi connectivity index (χ1) is 19.3. The summed E-state index contributed by atoms with van der Waals surface area (Å²) in [5.41, 5.74) is -1.77. The molecule has 0 amide bonds. The van der Waals surface area contributed by atoms with E-state index < -0.39 is 59.9 Å². The molecule has 2 heterocycles. The number of ether oxygens (including phenoxy) is 2. The average molecular weight is 592 g/mol. The Balaban J connectivity index is 1.69. The lowest BCUT2D eigenvalue weighted by atomic mass is 10.00. The van der Waals surface area contributed by atoms with Crippen LogP contribution in [0.5, 0.6) is 0 Å². The first kappa shape index (κ1) is 30.8. The fourth-order valence-electron chi connectivity index (χ4n) is 4.59. The number of hydrogen-bond acceptors (Lipinski definition) is 7. The van der Waals surface area contributed by atoms with Gasteiger partial charge in [-0.15, -0.1) is 5.10 Å². The number of aromatic nitrogens is 3. The Hall–Kier alpha value is -3.11. The van der Waals surface area contributed by atoms with Crippen molar-refractivity contribution in [3.05, 3.63) is 81.9 Å². The molecule has 15 heteroatoms. The largest absolute Gasteiger partial charge is 0.416 e. The van der Waals surface area contributed by atoms with Crippen molar-refractivity contribution in [2.45, 2.75) is 43.9 Å². The lowest BCUT2D eigenvalue weighted by Crippen LogP contribution is -2.46. The van der Waals surface area contributed by atoms with E-state index in [1.54, 1.807) is 0 Å². The van der Waals surface area contributed by atoms with E-state index in [0.717, 1.165) is 5.69 Å². The summed E-state index contributed by atoms with van der Waals surface area (Å²) in [5, 5.41) is 20.9. The molecule has 0 bridgehead atoms. The Bertz CT molecular complexity index is 1270. The number of aliphatic hydroxyl groups is 1. The molecule has 4 rings (SSSR count). The van der Waals surface area contributed by atoms with Crippen molar-refractivity contribution in [2.75, 3.05) is 33.9 Å². The smallest absolute Gasteiger partial charge is 0.393 e. The SMILES string of the molecule is CN(C)Cc1[nH]nnc1CN1CCOC(O[C@H](CO)c2cc(C(F)(F)F)cc(C(F)(F)F)c2)C1c1ccc(F)cc1. The van der Waals surface area contributed by atoms with Gasteiger partial charge in [-0.25, -0.2) is 4.39 Å². The number of H-pyrrole nitrogens is 1. The van der Waals surface area contributed by atoms with E-state index >= 15 is 0 Å². The molecule has 0 spiro atoms. The zero-order chi connectivity index (χ0) is 29.9. The van der Waals surface area contributed by atoms with Gasteiger partial charge in [0.25, 0.3) is 0 Å². The first-order valence-electron chi connectivity index (χ1n) is 12.5. The van der Waals surface area contributed by atoms with Crippen LogP contribution in [0.15, 0.2) is 42.5 Å². The van der Waals surface area contributed by atoms with Crippen LogP contribution in [0, 0.1) is 5.82 Å². The lowest BCUT2D eigenvalue weighted by Gasteiger charge is -2.42. The maximum atomic E-state index is 13.8. The Labute approximate surface area is 230 Å². The molecule has 41 heavy (non-hydrogen) atoms. The van der Waals surface area contributed by atoms with E-state index in [2.05, 4.69) is 15.4 Å². The molecule has 3 atom stereocenters. The molecule has 8 nitrogen and oxygen atoms in total. The standard InChI is InChI=1S/C26H28F7N5O3/c1-37(2)12-20-21(35-36-34-20)13-38-7-8-40-24(23(38)15-3-5-19(27)6-4-15)41-22(14-39)16-9-17(25(28,29)30)11-18(10-16)26(31,32)33/h3-6,9-11,22-24,39H,7-8,12-14H2,1-2H3,(H,34,35,36)/t22-,23?,24?/m1/s1. The highest BCUT2D eigenvalue weighted by atomic mass is 19.4. The minimum atomic E-state index is -5.08. The quantitative estimate of drug-likeness (QED) is 0.349. The van der Waals surface area contributed by atoms with Crippen LogP contribution in [-0.2, 0) is 34.9 Å². The number of morpholine rings is 1. The fraction of sp³-hybridized carbons (Fsp3) is 0.462. The second kappa shape index (κ2) is 12.4. The van der Waals surface area contributed by atoms with Crippen molar-refractivity contribution in [3.63, 3.8) is 0 Å². The van der Waals surface area contributed by atoms with Gasteiger partial charge in [-0.05, 0) is 55.6 Å². The lowest BCUT2D eigenvalue weighted by molar-refractivity contribution is -0.238. The number of alkyl halides is 6. The minimum absolute atomic E-state index is 0.00132. The summed E-state index contributed by atoms with van der Waals surface area (Å²) in [6, 6.07) is 5.58. The highest BCUT2D eigenvalue weighted by molar-refractivity contribution is 5.35. The number of nitrogens with zero attached hydrogens (tertiary/aromatic N) is 4. The molecule has 1 saturated heterocycles. The van der Waals surface area contributed by atoms with Gasteiger partial charge in [0.15, 0.2) is 6.29 Å². The number of benzene rings is 2. The van der Waals surface area contributed by atoms with E-state index in [0.29, 0.717) is 36.5 Å². The second-order valence-electron chi connectivity index (χ2n) is 9.83. The summed E-state index contributed by atoms with van der Waals surface area (Å²) in [6.07, 6.45) is -13.0. The number of halogens is 7. The number of aromatic amines is 1. The normalized spacial score (nSPS) is 19.6. The third-order valence-electron chi connectivity index (χ3n) is 6.50. The Kier molecular flexibility index (Phi) is 9.33. The van der Waals surface area contributed by atoms with Gasteiger partial charge in [-0.1, -0.05) is 17.3 Å².